The van der Waals surface area contributed by atoms with Gasteiger partial charge in [0.05, 0.1) is 17.8 Å². The highest BCUT2D eigenvalue weighted by Gasteiger charge is 2.16. The zero-order valence-electron chi connectivity index (χ0n) is 6.87. The fourth-order valence-electron chi connectivity index (χ4n) is 0.965. The van der Waals surface area contributed by atoms with Crippen LogP contribution in [0.25, 0.3) is 0 Å². The fourth-order valence-corrected chi connectivity index (χ4v) is 1.12. The smallest absolute Gasteiger partial charge is 0.341 e. The number of rotatable bonds is 2. The molecule has 13 heavy (non-hydrogen) atoms. The van der Waals surface area contributed by atoms with E-state index in [0.717, 1.165) is 0 Å². The molecular weight excluding hydrogens is 194 g/mol. The molecule has 0 radical (unpaired) electrons. The minimum Gasteiger partial charge on any atom is -0.496 e. The van der Waals surface area contributed by atoms with Crippen molar-refractivity contribution in [2.24, 2.45) is 0 Å². The van der Waals surface area contributed by atoms with E-state index < -0.39 is 5.97 Å². The van der Waals surface area contributed by atoms with Gasteiger partial charge in [-0.05, 0) is 12.1 Å². The van der Waals surface area contributed by atoms with Crippen LogP contribution in [0, 0.1) is 0 Å². The summed E-state index contributed by atoms with van der Waals surface area (Å²) < 4.78 is 4.82. The van der Waals surface area contributed by atoms with E-state index in [4.69, 9.17) is 27.2 Å². The van der Waals surface area contributed by atoms with Gasteiger partial charge < -0.3 is 15.6 Å². The van der Waals surface area contributed by atoms with Crippen LogP contribution < -0.4 is 10.5 Å². The number of methoxy groups -OCH3 is 1. The second-order valence-electron chi connectivity index (χ2n) is 2.34. The van der Waals surface area contributed by atoms with Crippen molar-refractivity contribution in [3.63, 3.8) is 0 Å². The number of aromatic carboxylic acids is 1. The Bertz CT molecular complexity index is 351. The summed E-state index contributed by atoms with van der Waals surface area (Å²) >= 11 is 5.64. The molecular formula is C8H8ClNO3. The van der Waals surface area contributed by atoms with Crippen molar-refractivity contribution in [2.45, 2.75) is 0 Å². The maximum atomic E-state index is 10.7. The van der Waals surface area contributed by atoms with Crippen molar-refractivity contribution in [3.8, 4) is 5.75 Å². The molecule has 5 heteroatoms. The van der Waals surface area contributed by atoms with E-state index >= 15 is 0 Å². The number of carboxylic acid groups (broad SMARTS) is 1. The summed E-state index contributed by atoms with van der Waals surface area (Å²) in [5, 5.41) is 8.99. The Morgan fingerprint density at radius 3 is 2.69 bits per heavy atom. The maximum absolute atomic E-state index is 10.7. The van der Waals surface area contributed by atoms with Gasteiger partial charge >= 0.3 is 5.97 Å². The summed E-state index contributed by atoms with van der Waals surface area (Å²) in [4.78, 5) is 10.7. The molecule has 3 N–H and O–H groups in total. The number of carboxylic acids is 1. The molecule has 0 aliphatic carbocycles. The van der Waals surface area contributed by atoms with Crippen molar-refractivity contribution in [1.29, 1.82) is 0 Å². The summed E-state index contributed by atoms with van der Waals surface area (Å²) in [5.41, 5.74) is 5.39. The predicted octanol–water partition coefficient (Wildman–Crippen LogP) is 1.63. The molecule has 0 amide bonds. The fraction of sp³-hybridized carbons (Fsp3) is 0.125. The molecule has 0 atom stereocenters. The topological polar surface area (TPSA) is 72.5 Å². The number of carbonyl (C=O) groups is 1. The van der Waals surface area contributed by atoms with Gasteiger partial charge in [0.25, 0.3) is 0 Å². The molecule has 0 saturated carbocycles. The number of benzene rings is 1. The number of nitrogen functional groups attached to an aromatic ring is 1. The lowest BCUT2D eigenvalue weighted by Crippen LogP contribution is -2.05. The summed E-state index contributed by atoms with van der Waals surface area (Å²) in [6.45, 7) is 0. The lowest BCUT2D eigenvalue weighted by Gasteiger charge is -2.08. The molecule has 0 saturated heterocycles. The van der Waals surface area contributed by atoms with Crippen molar-refractivity contribution >= 4 is 23.3 Å². The monoisotopic (exact) mass is 201 g/mol. The van der Waals surface area contributed by atoms with Gasteiger partial charge in [-0.3, -0.25) is 0 Å². The van der Waals surface area contributed by atoms with E-state index in [9.17, 15) is 4.79 Å². The van der Waals surface area contributed by atoms with Gasteiger partial charge in [0, 0.05) is 0 Å². The van der Waals surface area contributed by atoms with E-state index in [1.54, 1.807) is 0 Å². The first-order valence-corrected chi connectivity index (χ1v) is 3.81. The standard InChI is InChI=1S/C8H8ClNO3/c1-13-5-3-2-4(9)7(10)6(5)8(11)12/h2-3H,10H2,1H3,(H,11,12). The predicted molar refractivity (Wildman–Crippen MR) is 49.4 cm³/mol. The number of halogens is 1. The van der Waals surface area contributed by atoms with Gasteiger partial charge in [-0.15, -0.1) is 0 Å². The third kappa shape index (κ3) is 1.67. The number of ether oxygens (including phenoxy) is 1. The Labute approximate surface area is 79.9 Å². The van der Waals surface area contributed by atoms with Crippen molar-refractivity contribution < 1.29 is 14.6 Å². The SMILES string of the molecule is COc1ccc(Cl)c(N)c1C(=O)O. The van der Waals surface area contributed by atoms with Gasteiger partial charge in [0.2, 0.25) is 0 Å². The highest BCUT2D eigenvalue weighted by molar-refractivity contribution is 6.34. The normalized spacial score (nSPS) is 9.69. The van der Waals surface area contributed by atoms with E-state index in [0.29, 0.717) is 0 Å². The maximum Gasteiger partial charge on any atom is 0.341 e. The van der Waals surface area contributed by atoms with Crippen LogP contribution in [0.3, 0.4) is 0 Å². The average molecular weight is 202 g/mol. The summed E-state index contributed by atoms with van der Waals surface area (Å²) in [7, 11) is 1.37. The Balaban J connectivity index is 3.41. The van der Waals surface area contributed by atoms with Crippen molar-refractivity contribution in [2.75, 3.05) is 12.8 Å². The third-order valence-electron chi connectivity index (χ3n) is 1.59. The summed E-state index contributed by atoms with van der Waals surface area (Å²) in [6.07, 6.45) is 0. The first kappa shape index (κ1) is 9.67. The Morgan fingerprint density at radius 2 is 2.23 bits per heavy atom. The van der Waals surface area contributed by atoms with Crippen molar-refractivity contribution in [3.05, 3.63) is 22.7 Å². The molecule has 1 aromatic rings. The molecule has 4 nitrogen and oxygen atoms in total. The van der Waals surface area contributed by atoms with Crippen LogP contribution in [0.5, 0.6) is 5.75 Å². The highest BCUT2D eigenvalue weighted by atomic mass is 35.5. The zero-order chi connectivity index (χ0) is 10.0. The molecule has 0 bridgehead atoms. The summed E-state index contributed by atoms with van der Waals surface area (Å²) in [6, 6.07) is 2.95. The largest absolute Gasteiger partial charge is 0.496 e. The van der Waals surface area contributed by atoms with Gasteiger partial charge in [-0.1, -0.05) is 11.6 Å². The summed E-state index contributed by atoms with van der Waals surface area (Å²) in [5.74, 6) is -0.953. The van der Waals surface area contributed by atoms with Crippen LogP contribution in [-0.4, -0.2) is 18.2 Å². The van der Waals surface area contributed by atoms with Crippen LogP contribution >= 0.6 is 11.6 Å². The molecule has 0 spiro atoms. The zero-order valence-corrected chi connectivity index (χ0v) is 7.63. The molecule has 0 aromatic heterocycles. The average Bonchev–Trinajstić information content (AvgIpc) is 2.08. The molecule has 0 heterocycles. The molecule has 70 valence electrons. The highest BCUT2D eigenvalue weighted by Crippen LogP contribution is 2.30. The molecule has 0 unspecified atom stereocenters. The van der Waals surface area contributed by atoms with E-state index in [1.807, 2.05) is 0 Å². The Kier molecular flexibility index (Phi) is 2.63. The first-order valence-electron chi connectivity index (χ1n) is 3.43. The van der Waals surface area contributed by atoms with Crippen LogP contribution in [-0.2, 0) is 0 Å². The van der Waals surface area contributed by atoms with E-state index in [1.165, 1.54) is 19.2 Å². The molecule has 0 fully saturated rings. The lowest BCUT2D eigenvalue weighted by molar-refractivity contribution is 0.0694. The van der Waals surface area contributed by atoms with Crippen LogP contribution in [0.4, 0.5) is 5.69 Å². The molecule has 1 aromatic carbocycles. The van der Waals surface area contributed by atoms with Crippen molar-refractivity contribution in [1.82, 2.24) is 0 Å². The number of hydrogen-bond acceptors (Lipinski definition) is 3. The second kappa shape index (κ2) is 3.53. The Morgan fingerprint density at radius 1 is 1.62 bits per heavy atom. The second-order valence-corrected chi connectivity index (χ2v) is 2.75. The molecule has 0 aliphatic rings. The minimum absolute atomic E-state index is 0.0218. The van der Waals surface area contributed by atoms with E-state index in [-0.39, 0.29) is 22.0 Å². The molecule has 1 rings (SSSR count). The van der Waals surface area contributed by atoms with Gasteiger partial charge in [-0.2, -0.15) is 0 Å². The number of anilines is 1. The lowest BCUT2D eigenvalue weighted by atomic mass is 10.1. The number of nitrogens with two attached hydrogens (primary N) is 1. The quantitative estimate of drug-likeness (QED) is 0.714. The van der Waals surface area contributed by atoms with Gasteiger partial charge in [0.1, 0.15) is 11.3 Å². The first-order chi connectivity index (χ1) is 6.07. The third-order valence-corrected chi connectivity index (χ3v) is 1.92. The van der Waals surface area contributed by atoms with Crippen LogP contribution in [0.15, 0.2) is 12.1 Å². The van der Waals surface area contributed by atoms with Gasteiger partial charge in [-0.25, -0.2) is 4.79 Å². The van der Waals surface area contributed by atoms with E-state index in [2.05, 4.69) is 0 Å². The molecule has 0 aliphatic heterocycles. The minimum atomic E-state index is -1.16. The Hall–Kier alpha value is -1.42. The van der Waals surface area contributed by atoms with Crippen LogP contribution in [0.1, 0.15) is 10.4 Å². The number of hydrogen-bond donors (Lipinski definition) is 2. The van der Waals surface area contributed by atoms with Crippen LogP contribution in [0.2, 0.25) is 5.02 Å². The van der Waals surface area contributed by atoms with Gasteiger partial charge in [0.15, 0.2) is 0 Å².